The van der Waals surface area contributed by atoms with Gasteiger partial charge in [-0.2, -0.15) is 0 Å². The summed E-state index contributed by atoms with van der Waals surface area (Å²) in [5, 5.41) is 0. The van der Waals surface area contributed by atoms with Crippen LogP contribution < -0.4 is 4.74 Å². The molecule has 1 aromatic carbocycles. The molecule has 2 unspecified atom stereocenters. The van der Waals surface area contributed by atoms with Crippen LogP contribution in [0, 0.1) is 11.8 Å². The van der Waals surface area contributed by atoms with Crippen molar-refractivity contribution in [1.29, 1.82) is 0 Å². The van der Waals surface area contributed by atoms with Crippen molar-refractivity contribution < 1.29 is 14.3 Å². The van der Waals surface area contributed by atoms with E-state index in [1.54, 1.807) is 6.07 Å². The number of ether oxygens (including phenoxy) is 1. The zero-order valence-electron chi connectivity index (χ0n) is 11.7. The summed E-state index contributed by atoms with van der Waals surface area (Å²) in [4.78, 5) is 24.1. The lowest BCUT2D eigenvalue weighted by Crippen LogP contribution is -2.33. The third kappa shape index (κ3) is 2.70. The molecule has 0 bridgehead atoms. The molecule has 1 aromatic rings. The fourth-order valence-corrected chi connectivity index (χ4v) is 2.60. The van der Waals surface area contributed by atoms with E-state index in [4.69, 9.17) is 4.74 Å². The normalized spacial score (nSPS) is 22.0. The second kappa shape index (κ2) is 5.55. The lowest BCUT2D eigenvalue weighted by Gasteiger charge is -2.31. The van der Waals surface area contributed by atoms with Crippen LogP contribution in [0.2, 0.25) is 0 Å². The number of hydrogen-bond acceptors (Lipinski definition) is 3. The number of carbonyl (C=O) groups excluding carboxylic acids is 2. The molecular formula is C16H20O3. The molecule has 0 aromatic heterocycles. The molecule has 0 saturated carbocycles. The van der Waals surface area contributed by atoms with Crippen molar-refractivity contribution in [3.8, 4) is 5.75 Å². The summed E-state index contributed by atoms with van der Waals surface area (Å²) in [6.07, 6.45) is 1.12. The lowest BCUT2D eigenvalue weighted by molar-refractivity contribution is -0.141. The minimum atomic E-state index is -0.211. The Balaban J connectivity index is 2.36. The van der Waals surface area contributed by atoms with Crippen molar-refractivity contribution in [2.24, 2.45) is 11.8 Å². The van der Waals surface area contributed by atoms with Crippen molar-refractivity contribution in [2.45, 2.75) is 39.5 Å². The van der Waals surface area contributed by atoms with E-state index in [9.17, 15) is 9.59 Å². The van der Waals surface area contributed by atoms with Crippen LogP contribution in [0.1, 0.15) is 45.1 Å². The molecule has 19 heavy (non-hydrogen) atoms. The molecule has 0 amide bonds. The van der Waals surface area contributed by atoms with Gasteiger partial charge < -0.3 is 4.74 Å². The van der Waals surface area contributed by atoms with Gasteiger partial charge in [-0.1, -0.05) is 39.0 Å². The molecule has 3 nitrogen and oxygen atoms in total. The fraction of sp³-hybridized carbons (Fsp3) is 0.500. The number of para-hydroxylation sites is 1. The smallest absolute Gasteiger partial charge is 0.314 e. The summed E-state index contributed by atoms with van der Waals surface area (Å²) in [6.45, 7) is 5.76. The van der Waals surface area contributed by atoms with Crippen LogP contribution >= 0.6 is 0 Å². The van der Waals surface area contributed by atoms with E-state index in [1.165, 1.54) is 0 Å². The van der Waals surface area contributed by atoms with Crippen molar-refractivity contribution >= 4 is 11.8 Å². The van der Waals surface area contributed by atoms with Crippen LogP contribution in [0.25, 0.3) is 0 Å². The molecule has 2 rings (SSSR count). The minimum Gasteiger partial charge on any atom is -0.426 e. The molecular weight excluding hydrogens is 240 g/mol. The van der Waals surface area contributed by atoms with E-state index in [-0.39, 0.29) is 29.5 Å². The first-order valence-electron chi connectivity index (χ1n) is 6.88. The van der Waals surface area contributed by atoms with Crippen molar-refractivity contribution in [1.82, 2.24) is 0 Å². The number of hydrogen-bond donors (Lipinski definition) is 0. The summed E-state index contributed by atoms with van der Waals surface area (Å²) in [5.41, 5.74) is 0.989. The number of ketones is 1. The van der Waals surface area contributed by atoms with Gasteiger partial charge in [0.25, 0.3) is 0 Å². The van der Waals surface area contributed by atoms with Crippen LogP contribution in [0.5, 0.6) is 5.75 Å². The molecule has 1 aliphatic rings. The molecule has 3 heteroatoms. The Kier molecular flexibility index (Phi) is 4.03. The van der Waals surface area contributed by atoms with Gasteiger partial charge in [-0.3, -0.25) is 9.59 Å². The van der Waals surface area contributed by atoms with Gasteiger partial charge in [0.15, 0.2) is 0 Å². The maximum atomic E-state index is 12.0. The number of rotatable bonds is 4. The van der Waals surface area contributed by atoms with E-state index in [1.807, 2.05) is 39.0 Å². The summed E-state index contributed by atoms with van der Waals surface area (Å²) >= 11 is 0. The topological polar surface area (TPSA) is 43.4 Å². The molecule has 1 heterocycles. The molecule has 2 atom stereocenters. The average Bonchev–Trinajstić information content (AvgIpc) is 2.38. The van der Waals surface area contributed by atoms with Crippen LogP contribution in [-0.2, 0) is 9.59 Å². The highest BCUT2D eigenvalue weighted by Gasteiger charge is 2.37. The highest BCUT2D eigenvalue weighted by atomic mass is 16.5. The fourth-order valence-electron chi connectivity index (χ4n) is 2.60. The molecule has 0 aliphatic carbocycles. The number of carbonyl (C=O) groups is 2. The van der Waals surface area contributed by atoms with Gasteiger partial charge in [0, 0.05) is 18.3 Å². The summed E-state index contributed by atoms with van der Waals surface area (Å²) in [6, 6.07) is 7.53. The van der Waals surface area contributed by atoms with Gasteiger partial charge >= 0.3 is 5.97 Å². The predicted molar refractivity (Wildman–Crippen MR) is 73.1 cm³/mol. The summed E-state index contributed by atoms with van der Waals surface area (Å²) < 4.78 is 5.36. The monoisotopic (exact) mass is 260 g/mol. The Morgan fingerprint density at radius 2 is 1.95 bits per heavy atom. The van der Waals surface area contributed by atoms with Crippen molar-refractivity contribution in [2.75, 3.05) is 0 Å². The number of benzene rings is 1. The third-order valence-corrected chi connectivity index (χ3v) is 3.82. The third-order valence-electron chi connectivity index (χ3n) is 3.82. The SMILES string of the molecule is CCC1C(=O)Oc2ccccc2C1CC(=O)C(C)C. The minimum absolute atomic E-state index is 0.00242. The lowest BCUT2D eigenvalue weighted by atomic mass is 9.78. The average molecular weight is 260 g/mol. The summed E-state index contributed by atoms with van der Waals surface area (Å²) in [7, 11) is 0. The van der Waals surface area contributed by atoms with Gasteiger partial charge in [-0.05, 0) is 18.1 Å². The van der Waals surface area contributed by atoms with Gasteiger partial charge in [0.2, 0.25) is 0 Å². The molecule has 0 spiro atoms. The Labute approximate surface area is 114 Å². The van der Waals surface area contributed by atoms with Crippen LogP contribution in [0.15, 0.2) is 24.3 Å². The first-order valence-corrected chi connectivity index (χ1v) is 6.88. The number of esters is 1. The standard InChI is InChI=1S/C16H20O3/c1-4-11-13(9-14(17)10(2)3)12-7-5-6-8-15(12)19-16(11)18/h5-8,10-11,13H,4,9H2,1-3H3. The molecule has 0 N–H and O–H groups in total. The molecule has 0 saturated heterocycles. The quantitative estimate of drug-likeness (QED) is 0.616. The van der Waals surface area contributed by atoms with Crippen molar-refractivity contribution in [3.05, 3.63) is 29.8 Å². The zero-order chi connectivity index (χ0) is 14.0. The predicted octanol–water partition coefficient (Wildman–Crippen LogP) is 3.33. The molecule has 1 aliphatic heterocycles. The first kappa shape index (κ1) is 13.8. The van der Waals surface area contributed by atoms with Crippen LogP contribution in [0.3, 0.4) is 0 Å². The maximum absolute atomic E-state index is 12.0. The van der Waals surface area contributed by atoms with Gasteiger partial charge in [0.05, 0.1) is 5.92 Å². The van der Waals surface area contributed by atoms with E-state index in [0.717, 1.165) is 5.56 Å². The highest BCUT2D eigenvalue weighted by Crippen LogP contribution is 2.41. The van der Waals surface area contributed by atoms with Crippen LogP contribution in [-0.4, -0.2) is 11.8 Å². The van der Waals surface area contributed by atoms with Gasteiger partial charge in [-0.25, -0.2) is 0 Å². The maximum Gasteiger partial charge on any atom is 0.314 e. The highest BCUT2D eigenvalue weighted by molar-refractivity contribution is 5.85. The Bertz CT molecular complexity index is 491. The first-order chi connectivity index (χ1) is 9.04. The Hall–Kier alpha value is -1.64. The van der Waals surface area contributed by atoms with Gasteiger partial charge in [-0.15, -0.1) is 0 Å². The second-order valence-corrected chi connectivity index (χ2v) is 5.41. The number of Topliss-reactive ketones (excluding diaryl/α,β-unsaturated/α-hetero) is 1. The molecule has 0 radical (unpaired) electrons. The Morgan fingerprint density at radius 1 is 1.26 bits per heavy atom. The van der Waals surface area contributed by atoms with E-state index >= 15 is 0 Å². The molecule has 0 fully saturated rings. The van der Waals surface area contributed by atoms with Crippen LogP contribution in [0.4, 0.5) is 0 Å². The van der Waals surface area contributed by atoms with E-state index < -0.39 is 0 Å². The van der Waals surface area contributed by atoms with Crippen molar-refractivity contribution in [3.63, 3.8) is 0 Å². The second-order valence-electron chi connectivity index (χ2n) is 5.41. The molecule has 102 valence electrons. The Morgan fingerprint density at radius 3 is 2.58 bits per heavy atom. The zero-order valence-corrected chi connectivity index (χ0v) is 11.7. The van der Waals surface area contributed by atoms with Gasteiger partial charge in [0.1, 0.15) is 11.5 Å². The number of fused-ring (bicyclic) bond motifs is 1. The van der Waals surface area contributed by atoms with E-state index in [2.05, 4.69) is 0 Å². The van der Waals surface area contributed by atoms with E-state index in [0.29, 0.717) is 18.6 Å². The summed E-state index contributed by atoms with van der Waals surface area (Å²) in [5.74, 6) is 0.354. The largest absolute Gasteiger partial charge is 0.426 e.